The summed E-state index contributed by atoms with van der Waals surface area (Å²) in [6, 6.07) is 5.07. The molecule has 2 rings (SSSR count). The molecule has 14 heavy (non-hydrogen) atoms. The smallest absolute Gasteiger partial charge is 0.200 e. The number of nitrogens with one attached hydrogen (secondary N) is 1. The number of benzene rings is 1. The molecule has 0 fully saturated rings. The van der Waals surface area contributed by atoms with Crippen LogP contribution in [0.3, 0.4) is 0 Å². The Kier molecular flexibility index (Phi) is 1.97. The molecule has 72 valence electrons. The molecule has 0 unspecified atom stereocenters. The van der Waals surface area contributed by atoms with Crippen molar-refractivity contribution in [1.29, 1.82) is 0 Å². The third-order valence-corrected chi connectivity index (χ3v) is 2.33. The van der Waals surface area contributed by atoms with E-state index in [9.17, 15) is 9.90 Å². The Morgan fingerprint density at radius 1 is 1.50 bits per heavy atom. The van der Waals surface area contributed by atoms with Gasteiger partial charge in [0.05, 0.1) is 11.1 Å². The van der Waals surface area contributed by atoms with Crippen LogP contribution < -0.4 is 0 Å². The second-order valence-electron chi connectivity index (χ2n) is 3.09. The van der Waals surface area contributed by atoms with Crippen molar-refractivity contribution in [2.75, 3.05) is 0 Å². The fraction of sp³-hybridized carbons (Fsp3) is 0.100. The first kappa shape index (κ1) is 9.09. The number of aromatic hydroxyl groups is 1. The third-order valence-electron chi connectivity index (χ3n) is 2.09. The van der Waals surface area contributed by atoms with Gasteiger partial charge in [-0.25, -0.2) is 0 Å². The van der Waals surface area contributed by atoms with Gasteiger partial charge >= 0.3 is 0 Å². The Hall–Kier alpha value is -1.48. The van der Waals surface area contributed by atoms with E-state index in [4.69, 9.17) is 11.6 Å². The standard InChI is InChI=1S/C10H8ClNO2/c1-5(13)9-7-3-2-6(11)4-8(7)12-10(9)14/h2-4,12,14H,1H3. The Balaban J connectivity index is 2.84. The van der Waals surface area contributed by atoms with Crippen LogP contribution in [-0.2, 0) is 0 Å². The summed E-state index contributed by atoms with van der Waals surface area (Å²) < 4.78 is 0. The predicted molar refractivity (Wildman–Crippen MR) is 55.0 cm³/mol. The van der Waals surface area contributed by atoms with Gasteiger partial charge in [0.2, 0.25) is 5.88 Å². The number of fused-ring (bicyclic) bond motifs is 1. The maximum absolute atomic E-state index is 11.2. The number of aromatic nitrogens is 1. The van der Waals surface area contributed by atoms with E-state index in [1.807, 2.05) is 0 Å². The highest BCUT2D eigenvalue weighted by atomic mass is 35.5. The first-order valence-corrected chi connectivity index (χ1v) is 4.48. The number of rotatable bonds is 1. The van der Waals surface area contributed by atoms with Gasteiger partial charge in [0.25, 0.3) is 0 Å². The minimum atomic E-state index is -0.170. The second-order valence-corrected chi connectivity index (χ2v) is 3.53. The number of halogens is 1. The molecule has 0 aliphatic heterocycles. The van der Waals surface area contributed by atoms with Gasteiger partial charge in [-0.05, 0) is 19.1 Å². The third kappa shape index (κ3) is 1.26. The number of carbonyl (C=O) groups excluding carboxylic acids is 1. The molecule has 0 radical (unpaired) electrons. The molecule has 0 amide bonds. The van der Waals surface area contributed by atoms with Crippen LogP contribution in [0.15, 0.2) is 18.2 Å². The van der Waals surface area contributed by atoms with Crippen LogP contribution in [0.5, 0.6) is 5.88 Å². The molecule has 0 atom stereocenters. The average Bonchev–Trinajstić information content (AvgIpc) is 2.39. The number of Topliss-reactive ketones (excluding diaryl/α,β-unsaturated/α-hetero) is 1. The van der Waals surface area contributed by atoms with Crippen LogP contribution in [0, 0.1) is 0 Å². The van der Waals surface area contributed by atoms with Gasteiger partial charge in [-0.3, -0.25) is 4.79 Å². The van der Waals surface area contributed by atoms with Crippen molar-refractivity contribution in [3.63, 3.8) is 0 Å². The topological polar surface area (TPSA) is 53.1 Å². The van der Waals surface area contributed by atoms with Gasteiger partial charge in [0.1, 0.15) is 0 Å². The van der Waals surface area contributed by atoms with Crippen molar-refractivity contribution >= 4 is 28.3 Å². The first-order valence-electron chi connectivity index (χ1n) is 4.10. The van der Waals surface area contributed by atoms with Gasteiger partial charge in [-0.1, -0.05) is 17.7 Å². The highest BCUT2D eigenvalue weighted by molar-refractivity contribution is 6.31. The number of H-pyrrole nitrogens is 1. The Labute approximate surface area is 85.3 Å². The van der Waals surface area contributed by atoms with Gasteiger partial charge in [0.15, 0.2) is 5.78 Å². The Bertz CT molecular complexity index is 516. The highest BCUT2D eigenvalue weighted by Gasteiger charge is 2.14. The fourth-order valence-corrected chi connectivity index (χ4v) is 1.68. The second kappa shape index (κ2) is 3.03. The maximum atomic E-state index is 11.2. The van der Waals surface area contributed by atoms with Gasteiger partial charge in [-0.15, -0.1) is 0 Å². The van der Waals surface area contributed by atoms with E-state index in [0.29, 0.717) is 21.5 Å². The van der Waals surface area contributed by atoms with Crippen molar-refractivity contribution in [2.24, 2.45) is 0 Å². The molecule has 0 bridgehead atoms. The lowest BCUT2D eigenvalue weighted by Gasteiger charge is -1.93. The van der Waals surface area contributed by atoms with E-state index in [1.165, 1.54) is 6.92 Å². The van der Waals surface area contributed by atoms with Gasteiger partial charge in [-0.2, -0.15) is 0 Å². The summed E-state index contributed by atoms with van der Waals surface area (Å²) in [5.74, 6) is -0.272. The van der Waals surface area contributed by atoms with Gasteiger partial charge in [0, 0.05) is 10.4 Å². The number of hydrogen-bond donors (Lipinski definition) is 2. The largest absolute Gasteiger partial charge is 0.494 e. The highest BCUT2D eigenvalue weighted by Crippen LogP contribution is 2.29. The van der Waals surface area contributed by atoms with E-state index >= 15 is 0 Å². The number of carbonyl (C=O) groups is 1. The monoisotopic (exact) mass is 209 g/mol. The van der Waals surface area contributed by atoms with Crippen molar-refractivity contribution in [3.8, 4) is 5.88 Å². The van der Waals surface area contributed by atoms with Crippen LogP contribution in [0.25, 0.3) is 10.9 Å². The molecular weight excluding hydrogens is 202 g/mol. The Morgan fingerprint density at radius 3 is 2.86 bits per heavy atom. The lowest BCUT2D eigenvalue weighted by Crippen LogP contribution is -1.89. The molecule has 0 spiro atoms. The molecule has 2 N–H and O–H groups in total. The zero-order valence-corrected chi connectivity index (χ0v) is 8.22. The molecule has 1 heterocycles. The number of hydrogen-bond acceptors (Lipinski definition) is 2. The molecule has 1 aromatic heterocycles. The van der Waals surface area contributed by atoms with Crippen LogP contribution in [0.2, 0.25) is 5.02 Å². The molecule has 0 saturated heterocycles. The molecule has 0 aliphatic carbocycles. The molecule has 2 aromatic rings. The van der Waals surface area contributed by atoms with Crippen LogP contribution in [-0.4, -0.2) is 15.9 Å². The summed E-state index contributed by atoms with van der Waals surface area (Å²) in [6.07, 6.45) is 0. The molecule has 3 nitrogen and oxygen atoms in total. The number of ketones is 1. The lowest BCUT2D eigenvalue weighted by atomic mass is 10.1. The van der Waals surface area contributed by atoms with Crippen molar-refractivity contribution in [2.45, 2.75) is 6.92 Å². The average molecular weight is 210 g/mol. The van der Waals surface area contributed by atoms with Crippen LogP contribution >= 0.6 is 11.6 Å². The molecule has 1 aromatic carbocycles. The van der Waals surface area contributed by atoms with Crippen molar-refractivity contribution in [1.82, 2.24) is 4.98 Å². The SMILES string of the molecule is CC(=O)c1c(O)[nH]c2cc(Cl)ccc12. The van der Waals surface area contributed by atoms with Gasteiger partial charge < -0.3 is 10.1 Å². The predicted octanol–water partition coefficient (Wildman–Crippen LogP) is 2.73. The van der Waals surface area contributed by atoms with Crippen molar-refractivity contribution in [3.05, 3.63) is 28.8 Å². The maximum Gasteiger partial charge on any atom is 0.200 e. The molecule has 0 aliphatic rings. The van der Waals surface area contributed by atoms with E-state index in [-0.39, 0.29) is 11.7 Å². The first-order chi connectivity index (χ1) is 6.59. The minimum Gasteiger partial charge on any atom is -0.494 e. The zero-order valence-electron chi connectivity index (χ0n) is 7.47. The quantitative estimate of drug-likeness (QED) is 0.710. The van der Waals surface area contributed by atoms with E-state index in [1.54, 1.807) is 18.2 Å². The summed E-state index contributed by atoms with van der Waals surface area (Å²) >= 11 is 5.77. The summed E-state index contributed by atoms with van der Waals surface area (Å²) in [7, 11) is 0. The molecule has 4 heteroatoms. The summed E-state index contributed by atoms with van der Waals surface area (Å²) in [5.41, 5.74) is 0.983. The Morgan fingerprint density at radius 2 is 2.21 bits per heavy atom. The lowest BCUT2D eigenvalue weighted by molar-refractivity contribution is 0.101. The van der Waals surface area contributed by atoms with Crippen LogP contribution in [0.1, 0.15) is 17.3 Å². The molecule has 0 saturated carbocycles. The minimum absolute atomic E-state index is 0.102. The normalized spacial score (nSPS) is 10.7. The molecular formula is C10H8ClNO2. The summed E-state index contributed by atoms with van der Waals surface area (Å²) in [5, 5.41) is 10.7. The summed E-state index contributed by atoms with van der Waals surface area (Å²) in [4.78, 5) is 13.9. The van der Waals surface area contributed by atoms with E-state index in [2.05, 4.69) is 4.98 Å². The number of aromatic amines is 1. The van der Waals surface area contributed by atoms with Crippen molar-refractivity contribution < 1.29 is 9.90 Å². The van der Waals surface area contributed by atoms with Crippen LogP contribution in [0.4, 0.5) is 0 Å². The van der Waals surface area contributed by atoms with E-state index in [0.717, 1.165) is 0 Å². The fourth-order valence-electron chi connectivity index (χ4n) is 1.51. The van der Waals surface area contributed by atoms with E-state index < -0.39 is 0 Å². The zero-order chi connectivity index (χ0) is 10.3. The summed E-state index contributed by atoms with van der Waals surface area (Å²) in [6.45, 7) is 1.41.